The molecule has 0 radical (unpaired) electrons. The SMILES string of the molecule is COc1ncc(CC2Nc3c(Cc4ccccc4)nc(-c4ccccc4)c[n+]3C2=O)cn1. The molecule has 3 heterocycles. The highest BCUT2D eigenvalue weighted by Gasteiger charge is 2.41. The minimum absolute atomic E-state index is 0.0234. The summed E-state index contributed by atoms with van der Waals surface area (Å²) in [6.45, 7) is 0. The third-order valence-electron chi connectivity index (χ3n) is 5.46. The van der Waals surface area contributed by atoms with Gasteiger partial charge >= 0.3 is 17.7 Å². The van der Waals surface area contributed by atoms with Gasteiger partial charge in [0, 0.05) is 30.8 Å². The number of ether oxygens (including phenoxy) is 1. The van der Waals surface area contributed by atoms with Crippen molar-refractivity contribution in [2.45, 2.75) is 18.9 Å². The number of anilines is 1. The molecule has 0 amide bonds. The summed E-state index contributed by atoms with van der Waals surface area (Å²) in [5.41, 5.74) is 4.56. The molecule has 2 aromatic carbocycles. The van der Waals surface area contributed by atoms with Gasteiger partial charge in [-0.05, 0) is 11.1 Å². The Labute approximate surface area is 185 Å². The van der Waals surface area contributed by atoms with Crippen LogP contribution in [0.3, 0.4) is 0 Å². The van der Waals surface area contributed by atoms with E-state index in [9.17, 15) is 4.79 Å². The van der Waals surface area contributed by atoms with Crippen LogP contribution >= 0.6 is 0 Å². The monoisotopic (exact) mass is 424 g/mol. The van der Waals surface area contributed by atoms with E-state index in [1.807, 2.05) is 54.7 Å². The normalized spacial score (nSPS) is 14.7. The van der Waals surface area contributed by atoms with Crippen LogP contribution in [-0.4, -0.2) is 34.0 Å². The first-order chi connectivity index (χ1) is 15.7. The zero-order valence-electron chi connectivity index (χ0n) is 17.6. The van der Waals surface area contributed by atoms with Gasteiger partial charge in [0.2, 0.25) is 0 Å². The first-order valence-electron chi connectivity index (χ1n) is 10.4. The lowest BCUT2D eigenvalue weighted by atomic mass is 10.1. The average Bonchev–Trinajstić information content (AvgIpc) is 3.16. The number of aromatic nitrogens is 4. The van der Waals surface area contributed by atoms with E-state index >= 15 is 0 Å². The van der Waals surface area contributed by atoms with Gasteiger partial charge in [0.25, 0.3) is 0 Å². The summed E-state index contributed by atoms with van der Waals surface area (Å²) in [4.78, 5) is 26.5. The van der Waals surface area contributed by atoms with Crippen molar-refractivity contribution in [3.63, 3.8) is 0 Å². The van der Waals surface area contributed by atoms with Gasteiger partial charge in [-0.15, -0.1) is 0 Å². The van der Waals surface area contributed by atoms with Crippen molar-refractivity contribution in [1.82, 2.24) is 15.0 Å². The van der Waals surface area contributed by atoms with Gasteiger partial charge in [0.1, 0.15) is 17.6 Å². The highest BCUT2D eigenvalue weighted by Crippen LogP contribution is 2.24. The lowest BCUT2D eigenvalue weighted by Gasteiger charge is -2.07. The van der Waals surface area contributed by atoms with Crippen molar-refractivity contribution in [1.29, 1.82) is 0 Å². The van der Waals surface area contributed by atoms with Gasteiger partial charge in [0.15, 0.2) is 6.04 Å². The second-order valence-electron chi connectivity index (χ2n) is 7.64. The molecule has 0 saturated heterocycles. The van der Waals surface area contributed by atoms with Crippen LogP contribution in [0.5, 0.6) is 6.01 Å². The van der Waals surface area contributed by atoms with Gasteiger partial charge in [-0.25, -0.2) is 19.7 Å². The van der Waals surface area contributed by atoms with Crippen LogP contribution in [0.4, 0.5) is 5.82 Å². The number of nitrogens with zero attached hydrogens (tertiary/aromatic N) is 4. The molecule has 0 fully saturated rings. The maximum Gasteiger partial charge on any atom is 0.359 e. The van der Waals surface area contributed by atoms with Crippen LogP contribution in [0.1, 0.15) is 21.6 Å². The van der Waals surface area contributed by atoms with E-state index in [2.05, 4.69) is 27.4 Å². The Kier molecular flexibility index (Phi) is 5.29. The Balaban J connectivity index is 1.51. The Morgan fingerprint density at radius 2 is 1.66 bits per heavy atom. The zero-order valence-corrected chi connectivity index (χ0v) is 17.6. The molecular weight excluding hydrogens is 402 g/mol. The molecular formula is C25H22N5O2+. The van der Waals surface area contributed by atoms with Crippen LogP contribution in [0, 0.1) is 0 Å². The third kappa shape index (κ3) is 3.92. The van der Waals surface area contributed by atoms with E-state index in [0.29, 0.717) is 18.9 Å². The van der Waals surface area contributed by atoms with E-state index in [4.69, 9.17) is 9.72 Å². The lowest BCUT2D eigenvalue weighted by Crippen LogP contribution is -2.44. The highest BCUT2D eigenvalue weighted by molar-refractivity contribution is 5.82. The quantitative estimate of drug-likeness (QED) is 0.479. The van der Waals surface area contributed by atoms with E-state index < -0.39 is 6.04 Å². The molecule has 1 atom stereocenters. The molecule has 4 aromatic rings. The van der Waals surface area contributed by atoms with Crippen LogP contribution in [0.15, 0.2) is 79.3 Å². The number of hydrogen-bond acceptors (Lipinski definition) is 6. The van der Waals surface area contributed by atoms with Gasteiger partial charge < -0.3 is 4.74 Å². The lowest BCUT2D eigenvalue weighted by molar-refractivity contribution is -0.552. The molecule has 0 aliphatic carbocycles. The van der Waals surface area contributed by atoms with Crippen molar-refractivity contribution in [3.8, 4) is 17.3 Å². The molecule has 1 aliphatic heterocycles. The minimum Gasteiger partial charge on any atom is -0.467 e. The van der Waals surface area contributed by atoms with Crippen LogP contribution in [0.2, 0.25) is 0 Å². The molecule has 1 N–H and O–H groups in total. The molecule has 32 heavy (non-hydrogen) atoms. The predicted molar refractivity (Wildman–Crippen MR) is 119 cm³/mol. The minimum atomic E-state index is -0.422. The Hall–Kier alpha value is -4.13. The Bertz CT molecular complexity index is 1240. The fourth-order valence-electron chi connectivity index (χ4n) is 3.86. The topological polar surface area (TPSA) is 80.9 Å². The Morgan fingerprint density at radius 3 is 2.34 bits per heavy atom. The van der Waals surface area contributed by atoms with Crippen molar-refractivity contribution in [3.05, 3.63) is 96.1 Å². The zero-order chi connectivity index (χ0) is 21.9. The van der Waals surface area contributed by atoms with E-state index in [1.54, 1.807) is 17.0 Å². The molecule has 2 aromatic heterocycles. The van der Waals surface area contributed by atoms with Crippen molar-refractivity contribution < 1.29 is 14.1 Å². The average molecular weight is 424 g/mol. The number of methoxy groups -OCH3 is 1. The fourth-order valence-corrected chi connectivity index (χ4v) is 3.86. The van der Waals surface area contributed by atoms with Crippen molar-refractivity contribution in [2.24, 2.45) is 0 Å². The summed E-state index contributed by atoms with van der Waals surface area (Å²) in [5, 5.41) is 3.39. The number of carbonyl (C=O) groups excluding carboxylic acids is 1. The molecule has 0 bridgehead atoms. The van der Waals surface area contributed by atoms with Crippen LogP contribution in [0.25, 0.3) is 11.3 Å². The largest absolute Gasteiger partial charge is 0.467 e. The number of nitrogens with one attached hydrogen (secondary N) is 1. The van der Waals surface area contributed by atoms with Crippen molar-refractivity contribution in [2.75, 3.05) is 12.4 Å². The Morgan fingerprint density at radius 1 is 0.969 bits per heavy atom. The van der Waals surface area contributed by atoms with E-state index in [1.165, 1.54) is 7.11 Å². The molecule has 0 saturated carbocycles. The van der Waals surface area contributed by atoms with Crippen LogP contribution in [-0.2, 0) is 12.8 Å². The third-order valence-corrected chi connectivity index (χ3v) is 5.46. The summed E-state index contributed by atoms with van der Waals surface area (Å²) in [6.07, 6.45) is 6.28. The first-order valence-corrected chi connectivity index (χ1v) is 10.4. The second-order valence-corrected chi connectivity index (χ2v) is 7.64. The summed E-state index contributed by atoms with van der Waals surface area (Å²) in [7, 11) is 1.52. The standard InChI is InChI=1S/C25H21N5O2/c1-32-25-26-14-18(15-27-25)13-21-24(31)30-16-22(19-10-6-3-7-11-19)28-20(23(30)29-21)12-17-8-4-2-5-9-17/h2-11,14-16,21H,12-13H2,1H3/p+1. The fraction of sp³-hybridized carbons (Fsp3) is 0.160. The number of hydrogen-bond donors (Lipinski definition) is 1. The maximum atomic E-state index is 13.3. The summed E-state index contributed by atoms with van der Waals surface area (Å²) in [5.74, 6) is 0.711. The number of benzene rings is 2. The van der Waals surface area contributed by atoms with E-state index in [0.717, 1.165) is 33.9 Å². The summed E-state index contributed by atoms with van der Waals surface area (Å²) >= 11 is 0. The summed E-state index contributed by atoms with van der Waals surface area (Å²) in [6, 6.07) is 19.9. The number of carbonyl (C=O) groups is 1. The van der Waals surface area contributed by atoms with Gasteiger partial charge in [0.05, 0.1) is 7.11 Å². The van der Waals surface area contributed by atoms with Gasteiger partial charge in [-0.2, -0.15) is 4.57 Å². The predicted octanol–water partition coefficient (Wildman–Crippen LogP) is 3.10. The maximum absolute atomic E-state index is 13.3. The van der Waals surface area contributed by atoms with Crippen molar-refractivity contribution >= 4 is 11.7 Å². The smallest absolute Gasteiger partial charge is 0.359 e. The molecule has 5 rings (SSSR count). The number of fused-ring (bicyclic) bond motifs is 1. The molecule has 158 valence electrons. The van der Waals surface area contributed by atoms with Crippen LogP contribution < -0.4 is 14.6 Å². The molecule has 1 aliphatic rings. The molecule has 7 heteroatoms. The summed E-state index contributed by atoms with van der Waals surface area (Å²) < 4.78 is 6.72. The molecule has 7 nitrogen and oxygen atoms in total. The second kappa shape index (κ2) is 8.55. The van der Waals surface area contributed by atoms with E-state index in [-0.39, 0.29) is 5.91 Å². The highest BCUT2D eigenvalue weighted by atomic mass is 16.5. The first kappa shape index (κ1) is 19.8. The van der Waals surface area contributed by atoms with Gasteiger partial charge in [-0.1, -0.05) is 60.7 Å². The van der Waals surface area contributed by atoms with Gasteiger partial charge in [-0.3, -0.25) is 5.32 Å². The number of rotatable bonds is 6. The molecule has 0 spiro atoms. The molecule has 1 unspecified atom stereocenters.